The number of amidine groups is 1. The summed E-state index contributed by atoms with van der Waals surface area (Å²) in [7, 11) is 1.43. The second-order valence-corrected chi connectivity index (χ2v) is 3.02. The van der Waals surface area contributed by atoms with Crippen molar-refractivity contribution < 1.29 is 14.8 Å². The fraction of sp³-hybridized carbons (Fsp3) is 0.571. The number of hydrogen-bond donors (Lipinski definition) is 3. The van der Waals surface area contributed by atoms with Crippen molar-refractivity contribution in [1.82, 2.24) is 10.2 Å². The molecule has 0 saturated carbocycles. The van der Waals surface area contributed by atoms with E-state index in [1.54, 1.807) is 0 Å². The molecule has 0 radical (unpaired) electrons. The number of carbonyl (C=O) groups excluding carboxylic acids is 2. The van der Waals surface area contributed by atoms with Gasteiger partial charge in [-0.3, -0.25) is 19.8 Å². The van der Waals surface area contributed by atoms with E-state index in [1.807, 2.05) is 0 Å². The van der Waals surface area contributed by atoms with Gasteiger partial charge >= 0.3 is 0 Å². The van der Waals surface area contributed by atoms with Crippen LogP contribution in [0.5, 0.6) is 0 Å². The van der Waals surface area contributed by atoms with Gasteiger partial charge in [-0.1, -0.05) is 5.16 Å². The summed E-state index contributed by atoms with van der Waals surface area (Å²) in [5, 5.41) is 13.7. The molecular formula is C7H12N4O3. The van der Waals surface area contributed by atoms with E-state index in [0.717, 1.165) is 4.90 Å². The van der Waals surface area contributed by atoms with E-state index < -0.39 is 6.04 Å². The number of oxime groups is 1. The van der Waals surface area contributed by atoms with E-state index in [4.69, 9.17) is 10.9 Å². The van der Waals surface area contributed by atoms with Crippen LogP contribution in [0.15, 0.2) is 5.16 Å². The van der Waals surface area contributed by atoms with Crippen LogP contribution in [0.25, 0.3) is 0 Å². The normalized spacial score (nSPS) is 23.4. The van der Waals surface area contributed by atoms with Gasteiger partial charge in [-0.15, -0.1) is 0 Å². The van der Waals surface area contributed by atoms with Crippen molar-refractivity contribution in [3.8, 4) is 0 Å². The number of carbonyl (C=O) groups is 2. The zero-order valence-electron chi connectivity index (χ0n) is 7.73. The number of nitrogens with one attached hydrogen (secondary N) is 1. The van der Waals surface area contributed by atoms with E-state index in [2.05, 4.69) is 10.5 Å². The Kier molecular flexibility index (Phi) is 3.03. The lowest BCUT2D eigenvalue weighted by molar-refractivity contribution is -0.137. The Morgan fingerprint density at radius 3 is 2.86 bits per heavy atom. The molecule has 1 fully saturated rings. The highest BCUT2D eigenvalue weighted by Crippen LogP contribution is 2.09. The Hall–Kier alpha value is -1.63. The molecule has 0 aliphatic carbocycles. The minimum atomic E-state index is -0.562. The van der Waals surface area contributed by atoms with Gasteiger partial charge in [0.2, 0.25) is 11.8 Å². The number of imide groups is 1. The molecule has 1 aliphatic heterocycles. The van der Waals surface area contributed by atoms with Gasteiger partial charge in [-0.25, -0.2) is 0 Å². The topological polar surface area (TPSA) is 108 Å². The minimum absolute atomic E-state index is 0.0280. The molecule has 1 atom stereocenters. The third-order valence-electron chi connectivity index (χ3n) is 2.04. The number of hydrogen-bond acceptors (Lipinski definition) is 5. The predicted molar refractivity (Wildman–Crippen MR) is 47.6 cm³/mol. The number of likely N-dealkylation sites (tertiary alicyclic amines) is 1. The van der Waals surface area contributed by atoms with Gasteiger partial charge < -0.3 is 10.9 Å². The van der Waals surface area contributed by atoms with Gasteiger partial charge in [0, 0.05) is 7.05 Å². The summed E-state index contributed by atoms with van der Waals surface area (Å²) in [6.45, 7) is 0.0774. The van der Waals surface area contributed by atoms with Crippen LogP contribution in [0.3, 0.4) is 0 Å². The molecular weight excluding hydrogens is 188 g/mol. The number of amides is 2. The molecule has 7 nitrogen and oxygen atoms in total. The quantitative estimate of drug-likeness (QED) is 0.162. The lowest BCUT2D eigenvalue weighted by Crippen LogP contribution is -2.41. The van der Waals surface area contributed by atoms with E-state index in [9.17, 15) is 9.59 Å². The maximum atomic E-state index is 11.3. The molecule has 1 rings (SSSR count). The van der Waals surface area contributed by atoms with Crippen LogP contribution >= 0.6 is 0 Å². The lowest BCUT2D eigenvalue weighted by atomic mass is 10.2. The summed E-state index contributed by atoms with van der Waals surface area (Å²) in [5.41, 5.74) is 5.19. The second kappa shape index (κ2) is 4.05. The molecule has 0 spiro atoms. The van der Waals surface area contributed by atoms with Crippen molar-refractivity contribution in [3.63, 3.8) is 0 Å². The summed E-state index contributed by atoms with van der Waals surface area (Å²) < 4.78 is 0. The summed E-state index contributed by atoms with van der Waals surface area (Å²) in [5.74, 6) is -0.549. The SMILES string of the molecule is CN1C(=O)CC(NCC(N)=NO)C1=O. The van der Waals surface area contributed by atoms with Gasteiger partial charge in [0.1, 0.15) is 0 Å². The summed E-state index contributed by atoms with van der Waals surface area (Å²) >= 11 is 0. The van der Waals surface area contributed by atoms with Crippen molar-refractivity contribution in [2.24, 2.45) is 10.9 Å². The molecule has 0 aromatic carbocycles. The van der Waals surface area contributed by atoms with Crippen molar-refractivity contribution in [1.29, 1.82) is 0 Å². The Morgan fingerprint density at radius 1 is 1.79 bits per heavy atom. The molecule has 0 bridgehead atoms. The van der Waals surface area contributed by atoms with Crippen LogP contribution in [0.1, 0.15) is 6.42 Å². The first kappa shape index (κ1) is 10.5. The Labute approximate surface area is 80.5 Å². The minimum Gasteiger partial charge on any atom is -0.409 e. The Balaban J connectivity index is 2.48. The number of nitrogens with zero attached hydrogens (tertiary/aromatic N) is 2. The Bertz CT molecular complexity index is 289. The van der Waals surface area contributed by atoms with Gasteiger partial charge in [0.05, 0.1) is 19.0 Å². The zero-order chi connectivity index (χ0) is 10.7. The van der Waals surface area contributed by atoms with Crippen molar-refractivity contribution in [3.05, 3.63) is 0 Å². The second-order valence-electron chi connectivity index (χ2n) is 3.02. The molecule has 1 heterocycles. The van der Waals surface area contributed by atoms with Crippen LogP contribution in [-0.2, 0) is 9.59 Å². The molecule has 4 N–H and O–H groups in total. The largest absolute Gasteiger partial charge is 0.409 e. The van der Waals surface area contributed by atoms with Gasteiger partial charge in [0.15, 0.2) is 5.84 Å². The van der Waals surface area contributed by atoms with Crippen molar-refractivity contribution in [2.75, 3.05) is 13.6 Å². The molecule has 78 valence electrons. The first-order valence-electron chi connectivity index (χ1n) is 4.06. The van der Waals surface area contributed by atoms with Gasteiger partial charge in [0.25, 0.3) is 0 Å². The van der Waals surface area contributed by atoms with Gasteiger partial charge in [-0.2, -0.15) is 0 Å². The molecule has 7 heteroatoms. The number of nitrogens with two attached hydrogens (primary N) is 1. The maximum Gasteiger partial charge on any atom is 0.246 e. The van der Waals surface area contributed by atoms with Gasteiger partial charge in [-0.05, 0) is 0 Å². The third-order valence-corrected chi connectivity index (χ3v) is 2.04. The van der Waals surface area contributed by atoms with E-state index in [1.165, 1.54) is 7.05 Å². The van der Waals surface area contributed by atoms with Crippen LogP contribution in [0, 0.1) is 0 Å². The van der Waals surface area contributed by atoms with E-state index in [-0.39, 0.29) is 30.6 Å². The molecule has 14 heavy (non-hydrogen) atoms. The number of rotatable bonds is 3. The molecule has 1 saturated heterocycles. The first-order chi connectivity index (χ1) is 6.56. The first-order valence-corrected chi connectivity index (χ1v) is 4.06. The van der Waals surface area contributed by atoms with Crippen LogP contribution in [-0.4, -0.2) is 47.4 Å². The van der Waals surface area contributed by atoms with Crippen LogP contribution < -0.4 is 11.1 Å². The highest BCUT2D eigenvalue weighted by atomic mass is 16.4. The fourth-order valence-electron chi connectivity index (χ4n) is 1.18. The molecule has 1 unspecified atom stereocenters. The summed E-state index contributed by atoms with van der Waals surface area (Å²) in [4.78, 5) is 23.4. The van der Waals surface area contributed by atoms with Crippen molar-refractivity contribution in [2.45, 2.75) is 12.5 Å². The maximum absolute atomic E-state index is 11.3. The van der Waals surface area contributed by atoms with Crippen LogP contribution in [0.4, 0.5) is 0 Å². The highest BCUT2D eigenvalue weighted by molar-refractivity contribution is 6.05. The van der Waals surface area contributed by atoms with E-state index in [0.29, 0.717) is 0 Å². The molecule has 0 aromatic heterocycles. The summed E-state index contributed by atoms with van der Waals surface area (Å²) in [6.07, 6.45) is 0.119. The summed E-state index contributed by atoms with van der Waals surface area (Å²) in [6, 6.07) is -0.562. The fourth-order valence-corrected chi connectivity index (χ4v) is 1.18. The number of likely N-dealkylation sites (N-methyl/N-ethyl adjacent to an activating group) is 1. The smallest absolute Gasteiger partial charge is 0.246 e. The standard InChI is InChI=1S/C7H12N4O3/c1-11-6(12)2-4(7(11)13)9-3-5(8)10-14/h4,9,14H,2-3H2,1H3,(H2,8,10). The van der Waals surface area contributed by atoms with Crippen molar-refractivity contribution >= 4 is 17.6 Å². The zero-order valence-corrected chi connectivity index (χ0v) is 7.73. The lowest BCUT2D eigenvalue weighted by Gasteiger charge is -2.09. The monoisotopic (exact) mass is 200 g/mol. The highest BCUT2D eigenvalue weighted by Gasteiger charge is 2.35. The van der Waals surface area contributed by atoms with Crippen LogP contribution in [0.2, 0.25) is 0 Å². The van der Waals surface area contributed by atoms with E-state index >= 15 is 0 Å². The molecule has 1 aliphatic rings. The molecule has 2 amide bonds. The third kappa shape index (κ3) is 1.99. The molecule has 0 aromatic rings. The predicted octanol–water partition coefficient (Wildman–Crippen LogP) is -1.92. The average Bonchev–Trinajstić information content (AvgIpc) is 2.42. The average molecular weight is 200 g/mol. The Morgan fingerprint density at radius 2 is 2.43 bits per heavy atom.